The van der Waals surface area contributed by atoms with Crippen LogP contribution in [0.1, 0.15) is 6.42 Å². The lowest BCUT2D eigenvalue weighted by Gasteiger charge is -2.22. The topological polar surface area (TPSA) is 55.9 Å². The molecule has 0 atom stereocenters. The van der Waals surface area contributed by atoms with Gasteiger partial charge in [-0.25, -0.2) is 0 Å². The zero-order valence-electron chi connectivity index (χ0n) is 12.6. The monoisotopic (exact) mass is 282 g/mol. The molecule has 1 fully saturated rings. The van der Waals surface area contributed by atoms with E-state index in [4.69, 9.17) is 0 Å². The molecule has 0 aromatic rings. The second kappa shape index (κ2) is 8.71. The largest absolute Gasteiger partial charge is 0.348 e. The molecule has 1 rings (SSSR count). The molecule has 114 valence electrons. The molecule has 0 aromatic heterocycles. The zero-order valence-corrected chi connectivity index (χ0v) is 12.6. The van der Waals surface area contributed by atoms with Gasteiger partial charge in [-0.1, -0.05) is 6.08 Å². The first-order chi connectivity index (χ1) is 9.54. The number of likely N-dealkylation sites (N-methyl/N-ethyl adjacent to an activating group) is 1. The van der Waals surface area contributed by atoms with Gasteiger partial charge in [0.1, 0.15) is 0 Å². The molecule has 1 saturated heterocycles. The molecule has 1 N–H and O–H groups in total. The van der Waals surface area contributed by atoms with Crippen molar-refractivity contribution in [2.45, 2.75) is 6.42 Å². The highest BCUT2D eigenvalue weighted by Crippen LogP contribution is 2.03. The maximum absolute atomic E-state index is 12.0. The number of nitrogens with zero attached hydrogens (tertiary/aromatic N) is 3. The minimum Gasteiger partial charge on any atom is -0.348 e. The lowest BCUT2D eigenvalue weighted by molar-refractivity contribution is -0.130. The highest BCUT2D eigenvalue weighted by molar-refractivity contribution is 5.78. The number of nitrogens with one attached hydrogen (secondary N) is 1. The van der Waals surface area contributed by atoms with Crippen LogP contribution in [0.3, 0.4) is 0 Å². The Bertz CT molecular complexity index is 344. The molecule has 0 bridgehead atoms. The fourth-order valence-corrected chi connectivity index (χ4v) is 2.10. The van der Waals surface area contributed by atoms with E-state index in [2.05, 4.69) is 16.8 Å². The quantitative estimate of drug-likeness (QED) is 0.521. The number of hydrogen-bond donors (Lipinski definition) is 1. The number of hydrogen-bond acceptors (Lipinski definition) is 4. The lowest BCUT2D eigenvalue weighted by atomic mass is 10.3. The first-order valence-corrected chi connectivity index (χ1v) is 7.06. The highest BCUT2D eigenvalue weighted by atomic mass is 16.2. The fourth-order valence-electron chi connectivity index (χ4n) is 2.10. The van der Waals surface area contributed by atoms with Crippen LogP contribution in [0.2, 0.25) is 0 Å². The van der Waals surface area contributed by atoms with E-state index in [1.807, 2.05) is 4.90 Å². The normalized spacial score (nSPS) is 16.6. The first kappa shape index (κ1) is 16.7. The Balaban J connectivity index is 2.36. The molecule has 0 saturated carbocycles. The summed E-state index contributed by atoms with van der Waals surface area (Å²) < 4.78 is 0. The van der Waals surface area contributed by atoms with Crippen LogP contribution in [0.15, 0.2) is 12.7 Å². The molecule has 0 unspecified atom stereocenters. The van der Waals surface area contributed by atoms with Crippen LogP contribution in [0, 0.1) is 0 Å². The van der Waals surface area contributed by atoms with E-state index in [0.717, 1.165) is 26.1 Å². The van der Waals surface area contributed by atoms with Gasteiger partial charge in [0, 0.05) is 46.8 Å². The summed E-state index contributed by atoms with van der Waals surface area (Å²) in [4.78, 5) is 29.3. The summed E-state index contributed by atoms with van der Waals surface area (Å²) in [6, 6.07) is 0. The predicted molar refractivity (Wildman–Crippen MR) is 79.4 cm³/mol. The van der Waals surface area contributed by atoms with E-state index in [0.29, 0.717) is 26.2 Å². The molecule has 0 aliphatic carbocycles. The van der Waals surface area contributed by atoms with Gasteiger partial charge in [0.15, 0.2) is 0 Å². The van der Waals surface area contributed by atoms with Gasteiger partial charge in [0.2, 0.25) is 11.8 Å². The molecule has 1 heterocycles. The smallest absolute Gasteiger partial charge is 0.236 e. The van der Waals surface area contributed by atoms with Crippen molar-refractivity contribution >= 4 is 11.8 Å². The minimum atomic E-state index is 0.109. The van der Waals surface area contributed by atoms with Crippen molar-refractivity contribution in [2.75, 3.05) is 59.9 Å². The Morgan fingerprint density at radius 1 is 1.25 bits per heavy atom. The molecule has 6 nitrogen and oxygen atoms in total. The minimum absolute atomic E-state index is 0.109. The predicted octanol–water partition coefficient (Wildman–Crippen LogP) is -0.615. The van der Waals surface area contributed by atoms with E-state index >= 15 is 0 Å². The third kappa shape index (κ3) is 5.71. The van der Waals surface area contributed by atoms with Crippen molar-refractivity contribution in [1.29, 1.82) is 0 Å². The van der Waals surface area contributed by atoms with Crippen LogP contribution in [0.5, 0.6) is 0 Å². The van der Waals surface area contributed by atoms with Crippen molar-refractivity contribution in [3.8, 4) is 0 Å². The van der Waals surface area contributed by atoms with Gasteiger partial charge in [0.05, 0.1) is 13.1 Å². The van der Waals surface area contributed by atoms with Crippen LogP contribution >= 0.6 is 0 Å². The Labute approximate surface area is 121 Å². The van der Waals surface area contributed by atoms with Crippen LogP contribution in [0.25, 0.3) is 0 Å². The number of amides is 2. The molecule has 1 aliphatic rings. The van der Waals surface area contributed by atoms with Gasteiger partial charge < -0.3 is 15.1 Å². The summed E-state index contributed by atoms with van der Waals surface area (Å²) >= 11 is 0. The van der Waals surface area contributed by atoms with E-state index in [1.54, 1.807) is 25.1 Å². The highest BCUT2D eigenvalue weighted by Gasteiger charge is 2.20. The molecule has 2 amide bonds. The van der Waals surface area contributed by atoms with Crippen molar-refractivity contribution < 1.29 is 9.59 Å². The van der Waals surface area contributed by atoms with Gasteiger partial charge in [-0.2, -0.15) is 0 Å². The summed E-state index contributed by atoms with van der Waals surface area (Å²) in [6.45, 7) is 8.11. The lowest BCUT2D eigenvalue weighted by Crippen LogP contribution is -2.41. The van der Waals surface area contributed by atoms with Crippen LogP contribution in [-0.4, -0.2) is 86.4 Å². The van der Waals surface area contributed by atoms with Crippen molar-refractivity contribution in [3.63, 3.8) is 0 Å². The van der Waals surface area contributed by atoms with E-state index < -0.39 is 0 Å². The Hall–Kier alpha value is -1.40. The molecule has 0 radical (unpaired) electrons. The average Bonchev–Trinajstić information content (AvgIpc) is 2.64. The van der Waals surface area contributed by atoms with Gasteiger partial charge in [-0.15, -0.1) is 6.58 Å². The molecular weight excluding hydrogens is 256 g/mol. The van der Waals surface area contributed by atoms with E-state index in [-0.39, 0.29) is 11.8 Å². The summed E-state index contributed by atoms with van der Waals surface area (Å²) in [5.74, 6) is 0.227. The number of carbonyl (C=O) groups excluding carboxylic acids is 2. The number of rotatable bonds is 6. The van der Waals surface area contributed by atoms with Crippen molar-refractivity contribution in [3.05, 3.63) is 12.7 Å². The van der Waals surface area contributed by atoms with Crippen LogP contribution in [0.4, 0.5) is 0 Å². The summed E-state index contributed by atoms with van der Waals surface area (Å²) in [5.41, 5.74) is 0. The standard InChI is InChI=1S/C14H26N4O2/c1-4-6-15-11-13(19)18-8-5-7-17(9-10-18)12-14(20)16(2)3/h4,15H,1,5-12H2,2-3H3. The van der Waals surface area contributed by atoms with Crippen LogP contribution in [-0.2, 0) is 9.59 Å². The fraction of sp³-hybridized carbons (Fsp3) is 0.714. The Kier molecular flexibility index (Phi) is 7.25. The Morgan fingerprint density at radius 2 is 2.00 bits per heavy atom. The molecule has 0 spiro atoms. The van der Waals surface area contributed by atoms with Gasteiger partial charge >= 0.3 is 0 Å². The summed E-state index contributed by atoms with van der Waals surface area (Å²) in [6.07, 6.45) is 2.65. The third-order valence-electron chi connectivity index (χ3n) is 3.36. The van der Waals surface area contributed by atoms with Crippen LogP contribution < -0.4 is 5.32 Å². The van der Waals surface area contributed by atoms with Crippen molar-refractivity contribution in [1.82, 2.24) is 20.0 Å². The van der Waals surface area contributed by atoms with Gasteiger partial charge in [0.25, 0.3) is 0 Å². The third-order valence-corrected chi connectivity index (χ3v) is 3.36. The van der Waals surface area contributed by atoms with Gasteiger partial charge in [-0.3, -0.25) is 14.5 Å². The van der Waals surface area contributed by atoms with E-state index in [1.165, 1.54) is 0 Å². The van der Waals surface area contributed by atoms with Gasteiger partial charge in [-0.05, 0) is 6.42 Å². The molecule has 0 aromatic carbocycles. The van der Waals surface area contributed by atoms with E-state index in [9.17, 15) is 9.59 Å². The molecule has 1 aliphatic heterocycles. The molecule has 20 heavy (non-hydrogen) atoms. The SMILES string of the molecule is C=CCNCC(=O)N1CCCN(CC(=O)N(C)C)CC1. The van der Waals surface area contributed by atoms with Crippen molar-refractivity contribution in [2.24, 2.45) is 0 Å². The second-order valence-corrected chi connectivity index (χ2v) is 5.22. The number of carbonyl (C=O) groups is 2. The Morgan fingerprint density at radius 3 is 2.65 bits per heavy atom. The molecule has 6 heteroatoms. The summed E-state index contributed by atoms with van der Waals surface area (Å²) in [7, 11) is 3.53. The summed E-state index contributed by atoms with van der Waals surface area (Å²) in [5, 5.41) is 3.03. The maximum atomic E-state index is 12.0. The average molecular weight is 282 g/mol. The maximum Gasteiger partial charge on any atom is 0.236 e. The second-order valence-electron chi connectivity index (χ2n) is 5.22. The first-order valence-electron chi connectivity index (χ1n) is 7.06. The zero-order chi connectivity index (χ0) is 15.0. The molecular formula is C14H26N4O2.